The summed E-state index contributed by atoms with van der Waals surface area (Å²) < 4.78 is 0. The third-order valence-electron chi connectivity index (χ3n) is 2.20. The van der Waals surface area contributed by atoms with Gasteiger partial charge in [0, 0.05) is 18.7 Å². The molecule has 0 fully saturated rings. The average Bonchev–Trinajstić information content (AvgIpc) is 2.42. The van der Waals surface area contributed by atoms with Gasteiger partial charge >= 0.3 is 0 Å². The van der Waals surface area contributed by atoms with Crippen LogP contribution in [0.4, 0.5) is 0 Å². The predicted molar refractivity (Wildman–Crippen MR) is 46.0 cm³/mol. The van der Waals surface area contributed by atoms with E-state index in [1.54, 1.807) is 12.1 Å². The van der Waals surface area contributed by atoms with Gasteiger partial charge in [0.1, 0.15) is 0 Å². The molecule has 4 heteroatoms. The van der Waals surface area contributed by atoms with Gasteiger partial charge < -0.3 is 10.9 Å². The van der Waals surface area contributed by atoms with Crippen LogP contribution in [0.3, 0.4) is 0 Å². The topological polar surface area (TPSA) is 66.6 Å². The van der Waals surface area contributed by atoms with E-state index in [0.29, 0.717) is 18.7 Å². The highest BCUT2D eigenvalue weighted by atomic mass is 16.5. The van der Waals surface area contributed by atoms with Crippen molar-refractivity contribution in [3.63, 3.8) is 0 Å². The number of nitrogens with two attached hydrogens (primary N) is 1. The second-order valence-electron chi connectivity index (χ2n) is 3.17. The predicted octanol–water partition coefficient (Wildman–Crippen LogP) is 0.490. The monoisotopic (exact) mass is 178 g/mol. The van der Waals surface area contributed by atoms with Crippen molar-refractivity contribution in [3.8, 4) is 0 Å². The zero-order valence-electron chi connectivity index (χ0n) is 7.03. The Kier molecular flexibility index (Phi) is 1.79. The number of carbonyl (C=O) groups excluding carboxylic acids is 1. The number of hydroxylamine groups is 2. The average molecular weight is 178 g/mol. The SMILES string of the molecule is NC(=O)c1ccc2c(c1)CN(O)C2. The van der Waals surface area contributed by atoms with Gasteiger partial charge in [-0.15, -0.1) is 0 Å². The molecule has 0 aliphatic carbocycles. The molecule has 13 heavy (non-hydrogen) atoms. The van der Waals surface area contributed by atoms with Crippen molar-refractivity contribution in [1.29, 1.82) is 0 Å². The van der Waals surface area contributed by atoms with Crippen molar-refractivity contribution >= 4 is 5.91 Å². The molecular weight excluding hydrogens is 168 g/mol. The van der Waals surface area contributed by atoms with E-state index in [4.69, 9.17) is 5.73 Å². The maximum atomic E-state index is 10.8. The molecule has 0 saturated heterocycles. The van der Waals surface area contributed by atoms with Crippen LogP contribution in [0.2, 0.25) is 0 Å². The second kappa shape index (κ2) is 2.83. The van der Waals surface area contributed by atoms with E-state index in [2.05, 4.69) is 0 Å². The van der Waals surface area contributed by atoms with Crippen molar-refractivity contribution in [2.24, 2.45) is 5.73 Å². The first kappa shape index (κ1) is 8.22. The molecule has 0 unspecified atom stereocenters. The number of nitrogens with zero attached hydrogens (tertiary/aromatic N) is 1. The van der Waals surface area contributed by atoms with Crippen LogP contribution in [0.5, 0.6) is 0 Å². The second-order valence-corrected chi connectivity index (χ2v) is 3.17. The van der Waals surface area contributed by atoms with E-state index < -0.39 is 5.91 Å². The molecule has 68 valence electrons. The summed E-state index contributed by atoms with van der Waals surface area (Å²) in [5.41, 5.74) is 7.64. The Hall–Kier alpha value is -1.39. The van der Waals surface area contributed by atoms with Crippen LogP contribution >= 0.6 is 0 Å². The number of rotatable bonds is 1. The number of hydrogen-bond acceptors (Lipinski definition) is 3. The largest absolute Gasteiger partial charge is 0.366 e. The molecule has 0 saturated carbocycles. The van der Waals surface area contributed by atoms with Crippen molar-refractivity contribution in [2.75, 3.05) is 0 Å². The van der Waals surface area contributed by atoms with Gasteiger partial charge in [0.15, 0.2) is 0 Å². The molecule has 2 rings (SSSR count). The minimum atomic E-state index is -0.431. The summed E-state index contributed by atoms with van der Waals surface area (Å²) >= 11 is 0. The third kappa shape index (κ3) is 1.41. The number of carbonyl (C=O) groups is 1. The van der Waals surface area contributed by atoms with Gasteiger partial charge in [0.2, 0.25) is 5.91 Å². The number of benzene rings is 1. The molecule has 1 amide bonds. The van der Waals surface area contributed by atoms with Crippen molar-refractivity contribution in [1.82, 2.24) is 5.06 Å². The van der Waals surface area contributed by atoms with Crippen LogP contribution < -0.4 is 5.73 Å². The molecule has 4 nitrogen and oxygen atoms in total. The highest BCUT2D eigenvalue weighted by Crippen LogP contribution is 2.21. The molecule has 0 aromatic heterocycles. The summed E-state index contributed by atoms with van der Waals surface area (Å²) in [6, 6.07) is 5.24. The standard InChI is InChI=1S/C9H10N2O2/c10-9(12)6-1-2-7-4-11(13)5-8(7)3-6/h1-3,13H,4-5H2,(H2,10,12). The molecule has 0 radical (unpaired) electrons. The number of fused-ring (bicyclic) bond motifs is 1. The number of hydrogen-bond donors (Lipinski definition) is 2. The first-order chi connectivity index (χ1) is 6.16. The fourth-order valence-corrected chi connectivity index (χ4v) is 1.53. The zero-order chi connectivity index (χ0) is 9.42. The smallest absolute Gasteiger partial charge is 0.248 e. The van der Waals surface area contributed by atoms with Crippen LogP contribution in [0, 0.1) is 0 Å². The Morgan fingerprint density at radius 3 is 2.77 bits per heavy atom. The minimum absolute atomic E-state index is 0.431. The Morgan fingerprint density at radius 1 is 1.38 bits per heavy atom. The van der Waals surface area contributed by atoms with Gasteiger partial charge in [-0.05, 0) is 23.3 Å². The lowest BCUT2D eigenvalue weighted by molar-refractivity contribution is -0.0969. The van der Waals surface area contributed by atoms with Gasteiger partial charge in [-0.1, -0.05) is 6.07 Å². The number of amides is 1. The van der Waals surface area contributed by atoms with Gasteiger partial charge in [0.05, 0.1) is 0 Å². The van der Waals surface area contributed by atoms with Crippen LogP contribution in [0.25, 0.3) is 0 Å². The van der Waals surface area contributed by atoms with Crippen molar-refractivity contribution in [3.05, 3.63) is 34.9 Å². The molecule has 0 spiro atoms. The normalized spacial score (nSPS) is 15.8. The zero-order valence-corrected chi connectivity index (χ0v) is 7.03. The summed E-state index contributed by atoms with van der Waals surface area (Å²) in [5, 5.41) is 10.4. The molecule has 3 N–H and O–H groups in total. The molecule has 1 aromatic carbocycles. The number of primary amides is 1. The Balaban J connectivity index is 2.40. The van der Waals surface area contributed by atoms with Crippen LogP contribution in [-0.2, 0) is 13.1 Å². The molecule has 0 bridgehead atoms. The van der Waals surface area contributed by atoms with Crippen molar-refractivity contribution < 1.29 is 10.0 Å². The first-order valence-electron chi connectivity index (χ1n) is 4.02. The summed E-state index contributed by atoms with van der Waals surface area (Å²) in [5.74, 6) is -0.431. The molecule has 1 aromatic rings. The fourth-order valence-electron chi connectivity index (χ4n) is 1.53. The van der Waals surface area contributed by atoms with Gasteiger partial charge in [-0.2, -0.15) is 5.06 Å². The van der Waals surface area contributed by atoms with E-state index in [-0.39, 0.29) is 0 Å². The maximum absolute atomic E-state index is 10.8. The van der Waals surface area contributed by atoms with Crippen LogP contribution in [-0.4, -0.2) is 16.2 Å². The van der Waals surface area contributed by atoms with Crippen LogP contribution in [0.15, 0.2) is 18.2 Å². The van der Waals surface area contributed by atoms with E-state index in [1.807, 2.05) is 6.07 Å². The summed E-state index contributed by atoms with van der Waals surface area (Å²) in [4.78, 5) is 10.8. The molecular formula is C9H10N2O2. The third-order valence-corrected chi connectivity index (χ3v) is 2.20. The van der Waals surface area contributed by atoms with Gasteiger partial charge in [-0.25, -0.2) is 0 Å². The molecule has 1 aliphatic heterocycles. The highest BCUT2D eigenvalue weighted by Gasteiger charge is 2.17. The Morgan fingerprint density at radius 2 is 2.08 bits per heavy atom. The van der Waals surface area contributed by atoms with E-state index in [0.717, 1.165) is 11.1 Å². The summed E-state index contributed by atoms with van der Waals surface area (Å²) in [7, 11) is 0. The van der Waals surface area contributed by atoms with Crippen LogP contribution in [0.1, 0.15) is 21.5 Å². The minimum Gasteiger partial charge on any atom is -0.366 e. The first-order valence-corrected chi connectivity index (χ1v) is 4.02. The molecule has 1 heterocycles. The molecule has 1 aliphatic rings. The van der Waals surface area contributed by atoms with E-state index in [1.165, 1.54) is 5.06 Å². The van der Waals surface area contributed by atoms with E-state index in [9.17, 15) is 10.0 Å². The quantitative estimate of drug-likeness (QED) is 0.657. The van der Waals surface area contributed by atoms with Gasteiger partial charge in [-0.3, -0.25) is 4.79 Å². The lowest BCUT2D eigenvalue weighted by Crippen LogP contribution is -2.11. The Labute approximate surface area is 75.5 Å². The Bertz CT molecular complexity index is 363. The van der Waals surface area contributed by atoms with E-state index >= 15 is 0 Å². The molecule has 0 atom stereocenters. The summed E-state index contributed by atoms with van der Waals surface area (Å²) in [6.07, 6.45) is 0. The maximum Gasteiger partial charge on any atom is 0.248 e. The summed E-state index contributed by atoms with van der Waals surface area (Å²) in [6.45, 7) is 0.991. The van der Waals surface area contributed by atoms with Crippen molar-refractivity contribution in [2.45, 2.75) is 13.1 Å². The lowest BCUT2D eigenvalue weighted by Gasteiger charge is -2.00. The highest BCUT2D eigenvalue weighted by molar-refractivity contribution is 5.93. The lowest BCUT2D eigenvalue weighted by atomic mass is 10.1. The fraction of sp³-hybridized carbons (Fsp3) is 0.222. The van der Waals surface area contributed by atoms with Gasteiger partial charge in [0.25, 0.3) is 0 Å².